The number of anilines is 1. The van der Waals surface area contributed by atoms with Crippen LogP contribution in [0, 0.1) is 6.92 Å². The molecule has 1 heterocycles. The minimum Gasteiger partial charge on any atom is -0.507 e. The number of aromatic hydroxyl groups is 1. The van der Waals surface area contributed by atoms with Crippen molar-refractivity contribution in [2.45, 2.75) is 13.8 Å². The normalized spacial score (nSPS) is 16.1. The fraction of sp³-hybridized carbons (Fsp3) is 0.111. The van der Waals surface area contributed by atoms with Gasteiger partial charge in [-0.2, -0.15) is 10.1 Å². The number of amides is 1. The van der Waals surface area contributed by atoms with Gasteiger partial charge >= 0.3 is 0 Å². The summed E-state index contributed by atoms with van der Waals surface area (Å²) in [5, 5.41) is 16.1. The number of hydrogen-bond donors (Lipinski definition) is 1. The molecule has 0 fully saturated rings. The van der Waals surface area contributed by atoms with Crippen LogP contribution in [0.25, 0.3) is 6.08 Å². The summed E-state index contributed by atoms with van der Waals surface area (Å²) in [5.74, 6) is -0.122. The average molecular weight is 327 g/mol. The van der Waals surface area contributed by atoms with Gasteiger partial charge in [0.25, 0.3) is 5.91 Å². The minimum atomic E-state index is -0.245. The summed E-state index contributed by atoms with van der Waals surface area (Å²) in [6.07, 6.45) is 1.65. The van der Waals surface area contributed by atoms with E-state index >= 15 is 0 Å². The van der Waals surface area contributed by atoms with E-state index in [2.05, 4.69) is 5.10 Å². The van der Waals surface area contributed by atoms with Gasteiger partial charge < -0.3 is 5.11 Å². The van der Waals surface area contributed by atoms with Crippen molar-refractivity contribution in [3.63, 3.8) is 0 Å². The van der Waals surface area contributed by atoms with Crippen molar-refractivity contribution >= 4 is 35.0 Å². The van der Waals surface area contributed by atoms with E-state index in [1.165, 1.54) is 5.01 Å². The Hall–Kier alpha value is -2.59. The molecule has 0 aromatic heterocycles. The highest BCUT2D eigenvalue weighted by atomic mass is 35.5. The zero-order valence-corrected chi connectivity index (χ0v) is 13.5. The molecule has 116 valence electrons. The molecule has 5 heteroatoms. The molecular formula is C18H15ClN2O2. The quantitative estimate of drug-likeness (QED) is 0.842. The monoisotopic (exact) mass is 326 g/mol. The van der Waals surface area contributed by atoms with Gasteiger partial charge in [-0.15, -0.1) is 0 Å². The van der Waals surface area contributed by atoms with Gasteiger partial charge in [-0.1, -0.05) is 35.9 Å². The lowest BCUT2D eigenvalue weighted by atomic mass is 10.1. The Morgan fingerprint density at radius 3 is 2.61 bits per heavy atom. The number of hydrogen-bond acceptors (Lipinski definition) is 3. The summed E-state index contributed by atoms with van der Waals surface area (Å²) in [6, 6.07) is 12.2. The largest absolute Gasteiger partial charge is 0.507 e. The first-order valence-electron chi connectivity index (χ1n) is 7.13. The van der Waals surface area contributed by atoms with Gasteiger partial charge in [-0.3, -0.25) is 4.79 Å². The molecule has 3 rings (SSSR count). The molecule has 2 aromatic rings. The second kappa shape index (κ2) is 5.89. The van der Waals surface area contributed by atoms with Gasteiger partial charge in [-0.05, 0) is 43.7 Å². The van der Waals surface area contributed by atoms with Crippen molar-refractivity contribution in [1.82, 2.24) is 0 Å². The van der Waals surface area contributed by atoms with Crippen molar-refractivity contribution in [3.05, 3.63) is 64.2 Å². The third-order valence-corrected chi connectivity index (χ3v) is 4.11. The van der Waals surface area contributed by atoms with Crippen molar-refractivity contribution in [3.8, 4) is 5.75 Å². The van der Waals surface area contributed by atoms with Gasteiger partial charge in [0.15, 0.2) is 0 Å². The fourth-order valence-electron chi connectivity index (χ4n) is 2.34. The zero-order chi connectivity index (χ0) is 16.6. The second-order valence-corrected chi connectivity index (χ2v) is 5.76. The highest BCUT2D eigenvalue weighted by molar-refractivity contribution is 6.33. The summed E-state index contributed by atoms with van der Waals surface area (Å²) in [6.45, 7) is 3.66. The number of benzene rings is 2. The fourth-order valence-corrected chi connectivity index (χ4v) is 2.51. The van der Waals surface area contributed by atoms with E-state index in [1.807, 2.05) is 13.0 Å². The number of rotatable bonds is 2. The van der Waals surface area contributed by atoms with Crippen LogP contribution in [0.1, 0.15) is 18.1 Å². The predicted octanol–water partition coefficient (Wildman–Crippen LogP) is 4.16. The Kier molecular flexibility index (Phi) is 3.92. The Morgan fingerprint density at radius 2 is 1.91 bits per heavy atom. The van der Waals surface area contributed by atoms with E-state index in [9.17, 15) is 9.90 Å². The number of aryl methyl sites for hydroxylation is 1. The lowest BCUT2D eigenvalue weighted by Crippen LogP contribution is -2.21. The number of halogens is 1. The molecule has 1 aliphatic heterocycles. The lowest BCUT2D eigenvalue weighted by molar-refractivity contribution is -0.114. The molecule has 0 saturated carbocycles. The number of carbonyl (C=O) groups is 1. The van der Waals surface area contributed by atoms with E-state index in [0.29, 0.717) is 27.6 Å². The smallest absolute Gasteiger partial charge is 0.280 e. The molecule has 1 amide bonds. The third-order valence-electron chi connectivity index (χ3n) is 3.70. The maximum Gasteiger partial charge on any atom is 0.280 e. The Labute approximate surface area is 139 Å². The molecule has 4 nitrogen and oxygen atoms in total. The lowest BCUT2D eigenvalue weighted by Gasteiger charge is -2.12. The molecule has 23 heavy (non-hydrogen) atoms. The van der Waals surface area contributed by atoms with Crippen LogP contribution in [0.15, 0.2) is 53.1 Å². The summed E-state index contributed by atoms with van der Waals surface area (Å²) < 4.78 is 0. The Morgan fingerprint density at radius 1 is 1.17 bits per heavy atom. The average Bonchev–Trinajstić information content (AvgIpc) is 2.80. The summed E-state index contributed by atoms with van der Waals surface area (Å²) in [7, 11) is 0. The van der Waals surface area contributed by atoms with Crippen LogP contribution in [-0.4, -0.2) is 16.7 Å². The Balaban J connectivity index is 1.98. The van der Waals surface area contributed by atoms with Gasteiger partial charge in [0.2, 0.25) is 0 Å². The number of carbonyl (C=O) groups excluding carboxylic acids is 1. The first-order chi connectivity index (χ1) is 11.0. The molecule has 0 aliphatic carbocycles. The maximum atomic E-state index is 12.6. The predicted molar refractivity (Wildman–Crippen MR) is 92.9 cm³/mol. The van der Waals surface area contributed by atoms with Crippen molar-refractivity contribution in [2.24, 2.45) is 5.10 Å². The van der Waals surface area contributed by atoms with Crippen molar-refractivity contribution in [2.75, 3.05) is 5.01 Å². The summed E-state index contributed by atoms with van der Waals surface area (Å²) in [4.78, 5) is 12.6. The summed E-state index contributed by atoms with van der Waals surface area (Å²) >= 11 is 6.13. The zero-order valence-electron chi connectivity index (χ0n) is 12.7. The summed E-state index contributed by atoms with van der Waals surface area (Å²) in [5.41, 5.74) is 3.17. The van der Waals surface area contributed by atoms with E-state index in [4.69, 9.17) is 11.6 Å². The SMILES string of the molecule is CC1=NN(c2ccc(C)c(Cl)c2)C(=O)/C1=C/c1ccccc1O. The topological polar surface area (TPSA) is 52.9 Å². The highest BCUT2D eigenvalue weighted by Crippen LogP contribution is 2.29. The number of phenols is 1. The molecule has 0 radical (unpaired) electrons. The number of nitrogens with zero attached hydrogens (tertiary/aromatic N) is 2. The standard InChI is InChI=1S/C18H15ClN2O2/c1-11-7-8-14(10-16(11)19)21-18(23)15(12(2)20-21)9-13-5-3-4-6-17(13)22/h3-10,22H,1-2H3/b15-9+. The van der Waals surface area contributed by atoms with Crippen LogP contribution in [0.3, 0.4) is 0 Å². The molecule has 1 aliphatic rings. The van der Waals surface area contributed by atoms with Crippen LogP contribution in [-0.2, 0) is 4.79 Å². The molecule has 2 aromatic carbocycles. The van der Waals surface area contributed by atoms with Crippen LogP contribution >= 0.6 is 11.6 Å². The molecule has 0 spiro atoms. The molecular weight excluding hydrogens is 312 g/mol. The van der Waals surface area contributed by atoms with E-state index in [-0.39, 0.29) is 11.7 Å². The molecule has 0 atom stereocenters. The van der Waals surface area contributed by atoms with E-state index in [0.717, 1.165) is 5.56 Å². The van der Waals surface area contributed by atoms with E-state index < -0.39 is 0 Å². The van der Waals surface area contributed by atoms with E-state index in [1.54, 1.807) is 49.4 Å². The second-order valence-electron chi connectivity index (χ2n) is 5.35. The van der Waals surface area contributed by atoms with Crippen molar-refractivity contribution in [1.29, 1.82) is 0 Å². The highest BCUT2D eigenvalue weighted by Gasteiger charge is 2.29. The van der Waals surface area contributed by atoms with Gasteiger partial charge in [-0.25, -0.2) is 0 Å². The molecule has 0 unspecified atom stereocenters. The Bertz CT molecular complexity index is 856. The van der Waals surface area contributed by atoms with Gasteiger partial charge in [0.1, 0.15) is 5.75 Å². The first kappa shape index (κ1) is 15.3. The van der Waals surface area contributed by atoms with Crippen LogP contribution in [0.4, 0.5) is 5.69 Å². The number of para-hydroxylation sites is 1. The number of hydrazone groups is 1. The first-order valence-corrected chi connectivity index (χ1v) is 7.51. The molecule has 0 bridgehead atoms. The maximum absolute atomic E-state index is 12.6. The number of phenolic OH excluding ortho intramolecular Hbond substituents is 1. The molecule has 1 N–H and O–H groups in total. The van der Waals surface area contributed by atoms with Crippen molar-refractivity contribution < 1.29 is 9.90 Å². The van der Waals surface area contributed by atoms with Crippen LogP contribution < -0.4 is 5.01 Å². The third kappa shape index (κ3) is 2.85. The van der Waals surface area contributed by atoms with Crippen LogP contribution in [0.2, 0.25) is 5.02 Å². The molecule has 0 saturated heterocycles. The van der Waals surface area contributed by atoms with Crippen LogP contribution in [0.5, 0.6) is 5.75 Å². The van der Waals surface area contributed by atoms with Gasteiger partial charge in [0.05, 0.1) is 17.0 Å². The minimum absolute atomic E-state index is 0.123. The van der Waals surface area contributed by atoms with Gasteiger partial charge in [0, 0.05) is 10.6 Å².